The Labute approximate surface area is 112 Å². The second-order valence-corrected chi connectivity index (χ2v) is 3.96. The van der Waals surface area contributed by atoms with Gasteiger partial charge in [-0.15, -0.1) is 0 Å². The molecular formula is C11H12N6O3. The van der Waals surface area contributed by atoms with E-state index in [0.29, 0.717) is 11.4 Å². The van der Waals surface area contributed by atoms with E-state index >= 15 is 0 Å². The summed E-state index contributed by atoms with van der Waals surface area (Å²) in [6, 6.07) is 2.92. The second-order valence-electron chi connectivity index (χ2n) is 3.96. The monoisotopic (exact) mass is 276 g/mol. The van der Waals surface area contributed by atoms with Crippen LogP contribution in [0, 0.1) is 6.92 Å². The average Bonchev–Trinajstić information content (AvgIpc) is 2.41. The van der Waals surface area contributed by atoms with Crippen molar-refractivity contribution < 1.29 is 10.0 Å². The fourth-order valence-corrected chi connectivity index (χ4v) is 1.60. The van der Waals surface area contributed by atoms with Crippen molar-refractivity contribution in [3.8, 4) is 0 Å². The maximum Gasteiger partial charge on any atom is 0.291 e. The molecule has 0 aromatic carbocycles. The highest BCUT2D eigenvalue weighted by atomic mass is 16.5. The third-order valence-corrected chi connectivity index (χ3v) is 2.52. The van der Waals surface area contributed by atoms with Gasteiger partial charge in [-0.05, 0) is 18.6 Å². The molecule has 0 fully saturated rings. The molecule has 104 valence electrons. The molecule has 20 heavy (non-hydrogen) atoms. The highest BCUT2D eigenvalue weighted by molar-refractivity contribution is 5.93. The Bertz CT molecular complexity index is 712. The Morgan fingerprint density at radius 3 is 2.80 bits per heavy atom. The van der Waals surface area contributed by atoms with Crippen molar-refractivity contribution in [3.63, 3.8) is 0 Å². The number of nitrogens with one attached hydrogen (secondary N) is 3. The first-order chi connectivity index (χ1) is 9.51. The number of nitrogens with two attached hydrogens (primary N) is 1. The van der Waals surface area contributed by atoms with Gasteiger partial charge in [0.25, 0.3) is 11.5 Å². The molecule has 0 radical (unpaired) electrons. The third-order valence-electron chi connectivity index (χ3n) is 2.52. The minimum atomic E-state index is -0.794. The second kappa shape index (κ2) is 5.36. The number of hydrogen-bond donors (Lipinski definition) is 5. The third kappa shape index (κ3) is 2.72. The van der Waals surface area contributed by atoms with E-state index in [1.54, 1.807) is 6.92 Å². The van der Waals surface area contributed by atoms with Crippen LogP contribution in [-0.4, -0.2) is 26.1 Å². The number of H-pyrrole nitrogens is 1. The largest absolute Gasteiger partial charge is 0.384 e. The molecule has 9 nitrogen and oxygen atoms in total. The van der Waals surface area contributed by atoms with Crippen LogP contribution in [0.2, 0.25) is 0 Å². The molecule has 1 amide bonds. The first-order valence-electron chi connectivity index (χ1n) is 5.54. The standard InChI is InChI=1S/C11H12N6O3/c1-5-2-6(10(18)16-9(5)11(19)17-20)15-8-3-7(12)13-4-14-8/h2-4,20H,1H3,(H,16,18)(H,17,19)(H3,12,13,14,15). The molecule has 0 aliphatic carbocycles. The van der Waals surface area contributed by atoms with Crippen molar-refractivity contribution in [1.29, 1.82) is 0 Å². The fraction of sp³-hybridized carbons (Fsp3) is 0.0909. The summed E-state index contributed by atoms with van der Waals surface area (Å²) in [6.45, 7) is 1.61. The molecule has 6 N–H and O–H groups in total. The van der Waals surface area contributed by atoms with Crippen LogP contribution in [0.1, 0.15) is 16.1 Å². The van der Waals surface area contributed by atoms with Crippen LogP contribution >= 0.6 is 0 Å². The summed E-state index contributed by atoms with van der Waals surface area (Å²) in [5, 5.41) is 11.3. The number of anilines is 3. The SMILES string of the molecule is Cc1cc(Nc2cc(N)ncn2)c(=O)[nH]c1C(=O)NO. The topological polar surface area (TPSA) is 146 Å². The molecule has 0 aliphatic rings. The number of aromatic nitrogens is 3. The van der Waals surface area contributed by atoms with Gasteiger partial charge in [0, 0.05) is 6.07 Å². The summed E-state index contributed by atoms with van der Waals surface area (Å²) in [5.41, 5.74) is 7.07. The average molecular weight is 276 g/mol. The number of amides is 1. The van der Waals surface area contributed by atoms with Crippen LogP contribution in [0.4, 0.5) is 17.3 Å². The number of pyridine rings is 1. The van der Waals surface area contributed by atoms with Crippen molar-refractivity contribution in [3.05, 3.63) is 40.1 Å². The number of aromatic amines is 1. The van der Waals surface area contributed by atoms with E-state index in [0.717, 1.165) is 0 Å². The van der Waals surface area contributed by atoms with Gasteiger partial charge in [-0.2, -0.15) is 0 Å². The fourth-order valence-electron chi connectivity index (χ4n) is 1.60. The molecule has 0 bridgehead atoms. The van der Waals surface area contributed by atoms with Gasteiger partial charge in [-0.3, -0.25) is 14.8 Å². The predicted octanol–water partition coefficient (Wildman–Crippen LogP) is -0.0819. The summed E-state index contributed by atoms with van der Waals surface area (Å²) < 4.78 is 0. The zero-order valence-corrected chi connectivity index (χ0v) is 10.5. The molecule has 2 aromatic heterocycles. The number of hydrogen-bond acceptors (Lipinski definition) is 7. The Morgan fingerprint density at radius 1 is 1.40 bits per heavy atom. The minimum Gasteiger partial charge on any atom is -0.384 e. The number of carbonyl (C=O) groups excluding carboxylic acids is 1. The van der Waals surface area contributed by atoms with Crippen molar-refractivity contribution >= 4 is 23.2 Å². The number of hydroxylamine groups is 1. The van der Waals surface area contributed by atoms with Crippen molar-refractivity contribution in [2.75, 3.05) is 11.1 Å². The number of nitrogen functional groups attached to an aromatic ring is 1. The molecule has 9 heteroatoms. The summed E-state index contributed by atoms with van der Waals surface area (Å²) in [6.07, 6.45) is 1.26. The Balaban J connectivity index is 2.37. The van der Waals surface area contributed by atoms with E-state index in [9.17, 15) is 9.59 Å². The predicted molar refractivity (Wildman–Crippen MR) is 70.8 cm³/mol. The molecule has 0 saturated heterocycles. The number of rotatable bonds is 3. The van der Waals surface area contributed by atoms with Crippen LogP contribution in [0.15, 0.2) is 23.3 Å². The van der Waals surface area contributed by atoms with Crippen molar-refractivity contribution in [1.82, 2.24) is 20.4 Å². The van der Waals surface area contributed by atoms with E-state index in [1.807, 2.05) is 0 Å². The van der Waals surface area contributed by atoms with Gasteiger partial charge in [0.15, 0.2) is 0 Å². The van der Waals surface area contributed by atoms with Gasteiger partial charge >= 0.3 is 0 Å². The van der Waals surface area contributed by atoms with E-state index in [4.69, 9.17) is 10.9 Å². The molecule has 2 aromatic rings. The molecule has 2 rings (SSSR count). The van der Waals surface area contributed by atoms with Gasteiger partial charge in [0.05, 0.1) is 0 Å². The number of carbonyl (C=O) groups is 1. The van der Waals surface area contributed by atoms with E-state index in [-0.39, 0.29) is 17.2 Å². The number of aryl methyl sites for hydroxylation is 1. The molecule has 0 aliphatic heterocycles. The summed E-state index contributed by atoms with van der Waals surface area (Å²) >= 11 is 0. The van der Waals surface area contributed by atoms with Gasteiger partial charge in [-0.1, -0.05) is 0 Å². The lowest BCUT2D eigenvalue weighted by atomic mass is 10.2. The van der Waals surface area contributed by atoms with Crippen LogP contribution in [0.25, 0.3) is 0 Å². The Morgan fingerprint density at radius 2 is 2.15 bits per heavy atom. The zero-order chi connectivity index (χ0) is 14.7. The lowest BCUT2D eigenvalue weighted by Gasteiger charge is -2.08. The zero-order valence-electron chi connectivity index (χ0n) is 10.5. The number of nitrogens with zero attached hydrogens (tertiary/aromatic N) is 2. The van der Waals surface area contributed by atoms with E-state index in [1.165, 1.54) is 23.9 Å². The highest BCUT2D eigenvalue weighted by Crippen LogP contribution is 2.14. The molecule has 0 spiro atoms. The van der Waals surface area contributed by atoms with Gasteiger partial charge in [-0.25, -0.2) is 15.4 Å². The summed E-state index contributed by atoms with van der Waals surface area (Å²) in [4.78, 5) is 33.2. The lowest BCUT2D eigenvalue weighted by Crippen LogP contribution is -2.25. The van der Waals surface area contributed by atoms with Crippen LogP contribution < -0.4 is 22.1 Å². The molecule has 0 unspecified atom stereocenters. The highest BCUT2D eigenvalue weighted by Gasteiger charge is 2.12. The molecular weight excluding hydrogens is 264 g/mol. The first kappa shape index (κ1) is 13.5. The first-order valence-corrected chi connectivity index (χ1v) is 5.54. The van der Waals surface area contributed by atoms with Gasteiger partial charge in [0.1, 0.15) is 29.3 Å². The smallest absolute Gasteiger partial charge is 0.291 e. The quantitative estimate of drug-likeness (QED) is 0.389. The summed E-state index contributed by atoms with van der Waals surface area (Å²) in [5.74, 6) is -0.189. The lowest BCUT2D eigenvalue weighted by molar-refractivity contribution is 0.0699. The molecule has 2 heterocycles. The maximum atomic E-state index is 11.8. The van der Waals surface area contributed by atoms with Crippen LogP contribution in [-0.2, 0) is 0 Å². The van der Waals surface area contributed by atoms with E-state index < -0.39 is 11.5 Å². The minimum absolute atomic E-state index is 0.0229. The van der Waals surface area contributed by atoms with Crippen molar-refractivity contribution in [2.24, 2.45) is 0 Å². The van der Waals surface area contributed by atoms with E-state index in [2.05, 4.69) is 20.3 Å². The maximum absolute atomic E-state index is 11.8. The van der Waals surface area contributed by atoms with Crippen molar-refractivity contribution in [2.45, 2.75) is 6.92 Å². The summed E-state index contributed by atoms with van der Waals surface area (Å²) in [7, 11) is 0. The van der Waals surface area contributed by atoms with Gasteiger partial charge in [0.2, 0.25) is 0 Å². The molecule has 0 saturated carbocycles. The molecule has 0 atom stereocenters. The Kier molecular flexibility index (Phi) is 3.62. The van der Waals surface area contributed by atoms with Gasteiger partial charge < -0.3 is 16.0 Å². The Hall–Kier alpha value is -2.94. The van der Waals surface area contributed by atoms with Crippen LogP contribution in [0.5, 0.6) is 0 Å². The normalized spacial score (nSPS) is 10.1. The van der Waals surface area contributed by atoms with Crippen LogP contribution in [0.3, 0.4) is 0 Å².